The number of ether oxygens (including phenoxy) is 1. The molecule has 0 saturated carbocycles. The van der Waals surface area contributed by atoms with E-state index < -0.39 is 17.7 Å². The Morgan fingerprint density at radius 2 is 1.89 bits per heavy atom. The van der Waals surface area contributed by atoms with Crippen LogP contribution in [-0.2, 0) is 11.3 Å². The molecule has 3 aromatic heterocycles. The van der Waals surface area contributed by atoms with Crippen molar-refractivity contribution < 1.29 is 23.5 Å². The Balaban J connectivity index is 1.19. The highest BCUT2D eigenvalue weighted by atomic mass is 32.1. The molecule has 0 radical (unpaired) electrons. The van der Waals surface area contributed by atoms with Crippen molar-refractivity contribution in [1.82, 2.24) is 25.2 Å². The standard InChI is InChI=1S/C31H30FN7O4S/c1-31(2,3)43-30(42)34-12-5-11-33-27(40)25-24-23-26(35-17-36-28(23)44-25)39(29(41)37-24)21-8-9-22-19(15-21)10-13-38(22)16-18-6-4-7-20(32)14-18/h4,6-10,13-15,17H,5,11-12,16H2,1-3H3,(H,33,40)(H,34,42)(H,37,41). The highest BCUT2D eigenvalue weighted by Gasteiger charge is 2.34. The molecule has 5 aromatic rings. The zero-order valence-corrected chi connectivity index (χ0v) is 25.1. The van der Waals surface area contributed by atoms with Crippen LogP contribution in [0.5, 0.6) is 0 Å². The van der Waals surface area contributed by atoms with Gasteiger partial charge in [0.25, 0.3) is 5.91 Å². The van der Waals surface area contributed by atoms with Gasteiger partial charge in [-0.15, -0.1) is 11.3 Å². The summed E-state index contributed by atoms with van der Waals surface area (Å²) in [6.45, 7) is 6.49. The minimum atomic E-state index is -0.591. The Kier molecular flexibility index (Phi) is 7.64. The molecule has 4 heterocycles. The number of nitrogens with zero attached hydrogens (tertiary/aromatic N) is 4. The number of nitrogens with one attached hydrogen (secondary N) is 3. The number of halogens is 1. The predicted molar refractivity (Wildman–Crippen MR) is 167 cm³/mol. The second-order valence-corrected chi connectivity index (χ2v) is 12.3. The lowest BCUT2D eigenvalue weighted by molar-refractivity contribution is 0.0527. The number of thiophene rings is 1. The summed E-state index contributed by atoms with van der Waals surface area (Å²) in [6, 6.07) is 13.6. The third-order valence-electron chi connectivity index (χ3n) is 6.88. The molecule has 0 fully saturated rings. The van der Waals surface area contributed by atoms with E-state index in [0.717, 1.165) is 16.5 Å². The maximum atomic E-state index is 13.7. The SMILES string of the molecule is CC(C)(C)OC(=O)NCCCNC(=O)c1sc2ncnc3c2c1NC(=O)N3c1ccc2c(ccn2Cc2cccc(F)c2)c1. The minimum absolute atomic E-state index is 0.283. The topological polar surface area (TPSA) is 130 Å². The maximum Gasteiger partial charge on any atom is 0.407 e. The highest BCUT2D eigenvalue weighted by Crippen LogP contribution is 2.44. The summed E-state index contributed by atoms with van der Waals surface area (Å²) >= 11 is 1.17. The molecule has 11 nitrogen and oxygen atoms in total. The average molecular weight is 616 g/mol. The van der Waals surface area contributed by atoms with Crippen LogP contribution in [0.2, 0.25) is 0 Å². The van der Waals surface area contributed by atoms with E-state index in [-0.39, 0.29) is 11.7 Å². The van der Waals surface area contributed by atoms with Gasteiger partial charge in [0.2, 0.25) is 0 Å². The highest BCUT2D eigenvalue weighted by molar-refractivity contribution is 7.21. The van der Waals surface area contributed by atoms with E-state index in [9.17, 15) is 18.8 Å². The maximum absolute atomic E-state index is 13.7. The molecule has 44 heavy (non-hydrogen) atoms. The molecule has 0 saturated heterocycles. The van der Waals surface area contributed by atoms with Gasteiger partial charge in [-0.1, -0.05) is 12.1 Å². The van der Waals surface area contributed by atoms with Crippen molar-refractivity contribution in [2.75, 3.05) is 23.3 Å². The van der Waals surface area contributed by atoms with E-state index in [0.29, 0.717) is 58.3 Å². The number of anilines is 3. The number of amides is 4. The quantitative estimate of drug-likeness (QED) is 0.179. The summed E-state index contributed by atoms with van der Waals surface area (Å²) in [5.74, 6) is -0.264. The fourth-order valence-corrected chi connectivity index (χ4v) is 6.05. The van der Waals surface area contributed by atoms with Crippen molar-refractivity contribution in [3.63, 3.8) is 0 Å². The number of alkyl carbamates (subject to hydrolysis) is 1. The first-order valence-electron chi connectivity index (χ1n) is 14.0. The van der Waals surface area contributed by atoms with Gasteiger partial charge in [-0.3, -0.25) is 4.79 Å². The van der Waals surface area contributed by atoms with Crippen molar-refractivity contribution in [2.24, 2.45) is 0 Å². The van der Waals surface area contributed by atoms with Gasteiger partial charge in [-0.2, -0.15) is 0 Å². The van der Waals surface area contributed by atoms with Gasteiger partial charge in [-0.05, 0) is 69.2 Å². The minimum Gasteiger partial charge on any atom is -0.444 e. The molecule has 2 aromatic carbocycles. The Hall–Kier alpha value is -5.04. The predicted octanol–water partition coefficient (Wildman–Crippen LogP) is 6.16. The van der Waals surface area contributed by atoms with E-state index >= 15 is 0 Å². The number of aromatic nitrogens is 3. The van der Waals surface area contributed by atoms with Crippen LogP contribution in [-0.4, -0.2) is 51.3 Å². The number of urea groups is 1. The number of hydrogen-bond donors (Lipinski definition) is 3. The molecular weight excluding hydrogens is 585 g/mol. The van der Waals surface area contributed by atoms with Crippen LogP contribution in [0.4, 0.5) is 31.2 Å². The van der Waals surface area contributed by atoms with E-state index in [2.05, 4.69) is 25.9 Å². The molecule has 0 unspecified atom stereocenters. The first-order chi connectivity index (χ1) is 21.1. The Labute approximate surface area is 256 Å². The van der Waals surface area contributed by atoms with E-state index in [1.807, 2.05) is 41.1 Å². The lowest BCUT2D eigenvalue weighted by Crippen LogP contribution is -2.36. The van der Waals surface area contributed by atoms with Gasteiger partial charge in [0, 0.05) is 36.7 Å². The molecule has 3 N–H and O–H groups in total. The van der Waals surface area contributed by atoms with Gasteiger partial charge in [-0.25, -0.2) is 28.8 Å². The van der Waals surface area contributed by atoms with Crippen LogP contribution in [0.15, 0.2) is 61.1 Å². The van der Waals surface area contributed by atoms with Crippen molar-refractivity contribution in [2.45, 2.75) is 39.3 Å². The third-order valence-corrected chi connectivity index (χ3v) is 7.98. The molecular formula is C31H30FN7O4S. The van der Waals surface area contributed by atoms with Gasteiger partial charge in [0.05, 0.1) is 16.8 Å². The normalized spacial score (nSPS) is 12.8. The van der Waals surface area contributed by atoms with Crippen LogP contribution in [0.25, 0.3) is 21.1 Å². The van der Waals surface area contributed by atoms with E-state index in [1.54, 1.807) is 26.8 Å². The van der Waals surface area contributed by atoms with Crippen molar-refractivity contribution in [3.05, 3.63) is 77.3 Å². The van der Waals surface area contributed by atoms with Crippen molar-refractivity contribution >= 4 is 67.7 Å². The summed E-state index contributed by atoms with van der Waals surface area (Å²) < 4.78 is 20.9. The molecule has 4 amide bonds. The number of carbonyl (C=O) groups is 3. The average Bonchev–Trinajstić information content (AvgIpc) is 3.53. The van der Waals surface area contributed by atoms with Crippen LogP contribution in [0.1, 0.15) is 42.4 Å². The molecule has 0 atom stereocenters. The molecule has 226 valence electrons. The zero-order chi connectivity index (χ0) is 31.0. The Morgan fingerprint density at radius 3 is 2.68 bits per heavy atom. The summed E-state index contributed by atoms with van der Waals surface area (Å²) in [4.78, 5) is 49.6. The molecule has 1 aliphatic heterocycles. The monoisotopic (exact) mass is 615 g/mol. The van der Waals surface area contributed by atoms with Crippen molar-refractivity contribution in [3.8, 4) is 0 Å². The van der Waals surface area contributed by atoms with Crippen molar-refractivity contribution in [1.29, 1.82) is 0 Å². The summed E-state index contributed by atoms with van der Waals surface area (Å²) in [6.07, 6.45) is 3.27. The van der Waals surface area contributed by atoms with Gasteiger partial charge >= 0.3 is 12.1 Å². The summed E-state index contributed by atoms with van der Waals surface area (Å²) in [5, 5.41) is 9.86. The largest absolute Gasteiger partial charge is 0.444 e. The first-order valence-corrected chi connectivity index (χ1v) is 14.9. The second kappa shape index (κ2) is 11.6. The van der Waals surface area contributed by atoms with Gasteiger partial charge < -0.3 is 25.3 Å². The second-order valence-electron chi connectivity index (χ2n) is 11.3. The number of hydrogen-bond acceptors (Lipinski definition) is 7. The molecule has 1 aliphatic rings. The Morgan fingerprint density at radius 1 is 1.07 bits per heavy atom. The van der Waals surface area contributed by atoms with E-state index in [1.165, 1.54) is 34.7 Å². The Bertz CT molecular complexity index is 1910. The molecule has 13 heteroatoms. The molecule has 0 spiro atoms. The van der Waals surface area contributed by atoms with Gasteiger partial charge in [0.1, 0.15) is 27.5 Å². The van der Waals surface area contributed by atoms with Crippen LogP contribution in [0.3, 0.4) is 0 Å². The third kappa shape index (κ3) is 5.91. The fraction of sp³-hybridized carbons (Fsp3) is 0.258. The lowest BCUT2D eigenvalue weighted by atomic mass is 10.1. The molecule has 0 bridgehead atoms. The zero-order valence-electron chi connectivity index (χ0n) is 24.3. The fourth-order valence-electron chi connectivity index (χ4n) is 5.04. The summed E-state index contributed by atoms with van der Waals surface area (Å²) in [7, 11) is 0. The smallest absolute Gasteiger partial charge is 0.407 e. The number of fused-ring (bicyclic) bond motifs is 1. The van der Waals surface area contributed by atoms with E-state index in [4.69, 9.17) is 4.74 Å². The number of benzene rings is 2. The van der Waals surface area contributed by atoms with Crippen LogP contribution >= 0.6 is 11.3 Å². The van der Waals surface area contributed by atoms with Crippen LogP contribution < -0.4 is 20.9 Å². The lowest BCUT2D eigenvalue weighted by Gasteiger charge is -2.27. The number of rotatable bonds is 8. The number of carbonyl (C=O) groups excluding carboxylic acids is 3. The molecule has 6 rings (SSSR count). The molecule has 0 aliphatic carbocycles. The summed E-state index contributed by atoms with van der Waals surface area (Å²) in [5.41, 5.74) is 2.15. The van der Waals surface area contributed by atoms with Gasteiger partial charge in [0.15, 0.2) is 5.82 Å². The van der Waals surface area contributed by atoms with Crippen LogP contribution in [0, 0.1) is 5.82 Å². The first kappa shape index (κ1) is 29.1.